The van der Waals surface area contributed by atoms with Crippen LogP contribution in [0.4, 0.5) is 0 Å². The smallest absolute Gasteiger partial charge is 0.295 e. The summed E-state index contributed by atoms with van der Waals surface area (Å²) < 4.78 is 17.1. The van der Waals surface area contributed by atoms with Gasteiger partial charge in [0.25, 0.3) is 11.7 Å². The molecule has 2 aromatic carbocycles. The zero-order valence-electron chi connectivity index (χ0n) is 24.2. The van der Waals surface area contributed by atoms with Gasteiger partial charge in [0.1, 0.15) is 5.76 Å². The average molecular weight is 551 g/mol. The fraction of sp³-hybridized carbons (Fsp3) is 0.500. The van der Waals surface area contributed by atoms with Crippen LogP contribution in [0.2, 0.25) is 0 Å². The number of morpholine rings is 1. The number of rotatable bonds is 12. The van der Waals surface area contributed by atoms with E-state index in [-0.39, 0.29) is 11.3 Å². The summed E-state index contributed by atoms with van der Waals surface area (Å²) >= 11 is 0. The Balaban J connectivity index is 1.70. The number of hydrogen-bond donors (Lipinski definition) is 1. The van der Waals surface area contributed by atoms with E-state index in [1.165, 1.54) is 0 Å². The Bertz CT molecular complexity index is 1230. The van der Waals surface area contributed by atoms with E-state index in [1.54, 1.807) is 12.0 Å². The van der Waals surface area contributed by atoms with Crippen LogP contribution in [0.3, 0.4) is 0 Å². The fourth-order valence-electron chi connectivity index (χ4n) is 5.39. The molecule has 0 aromatic heterocycles. The Labute approximate surface area is 237 Å². The molecule has 4 rings (SSSR count). The van der Waals surface area contributed by atoms with Gasteiger partial charge in [-0.25, -0.2) is 0 Å². The molecular formula is C32H42N2O6. The van der Waals surface area contributed by atoms with E-state index in [4.69, 9.17) is 14.2 Å². The van der Waals surface area contributed by atoms with E-state index in [2.05, 4.69) is 11.8 Å². The van der Waals surface area contributed by atoms with Crippen LogP contribution >= 0.6 is 0 Å². The standard InChI is InChI=1S/C32H42N2O6/c1-5-6-7-17-40-26-12-11-24(21-27(26)38-4)29-28(30(35)25-20-22(2)9-10-23(25)3)31(36)32(37)34(29)14-8-13-33-15-18-39-19-16-33/h9-12,20-21,29,35H,5-8,13-19H2,1-4H3/b30-28+. The number of nitrogens with zero attached hydrogens (tertiary/aromatic N) is 2. The zero-order valence-corrected chi connectivity index (χ0v) is 24.2. The number of ketones is 1. The number of unbranched alkanes of at least 4 members (excludes halogenated alkanes) is 2. The quantitative estimate of drug-likeness (QED) is 0.172. The third kappa shape index (κ3) is 6.67. The van der Waals surface area contributed by atoms with Crippen LogP contribution in [0.25, 0.3) is 5.76 Å². The van der Waals surface area contributed by atoms with E-state index >= 15 is 0 Å². The van der Waals surface area contributed by atoms with Crippen molar-refractivity contribution in [1.29, 1.82) is 0 Å². The number of likely N-dealkylation sites (tertiary alicyclic amines) is 1. The summed E-state index contributed by atoms with van der Waals surface area (Å²) in [5, 5.41) is 11.5. The van der Waals surface area contributed by atoms with E-state index in [1.807, 2.05) is 50.2 Å². The summed E-state index contributed by atoms with van der Waals surface area (Å²) in [5.41, 5.74) is 3.13. The largest absolute Gasteiger partial charge is 0.507 e. The van der Waals surface area contributed by atoms with Crippen molar-refractivity contribution >= 4 is 17.4 Å². The molecule has 216 valence electrons. The number of hydrogen-bond acceptors (Lipinski definition) is 7. The average Bonchev–Trinajstić information content (AvgIpc) is 3.22. The Morgan fingerprint density at radius 2 is 1.77 bits per heavy atom. The van der Waals surface area contributed by atoms with Crippen molar-refractivity contribution in [2.75, 3.05) is 53.1 Å². The van der Waals surface area contributed by atoms with Crippen LogP contribution < -0.4 is 9.47 Å². The van der Waals surface area contributed by atoms with Gasteiger partial charge in [-0.2, -0.15) is 0 Å². The van der Waals surface area contributed by atoms with E-state index < -0.39 is 17.7 Å². The zero-order chi connectivity index (χ0) is 28.6. The predicted octanol–water partition coefficient (Wildman–Crippen LogP) is 5.03. The van der Waals surface area contributed by atoms with Crippen LogP contribution in [0.1, 0.15) is 60.9 Å². The summed E-state index contributed by atoms with van der Waals surface area (Å²) in [6.07, 6.45) is 3.82. The first-order valence-electron chi connectivity index (χ1n) is 14.3. The first-order chi connectivity index (χ1) is 19.3. The Morgan fingerprint density at radius 3 is 2.50 bits per heavy atom. The van der Waals surface area contributed by atoms with E-state index in [0.717, 1.165) is 50.0 Å². The third-order valence-corrected chi connectivity index (χ3v) is 7.67. The molecular weight excluding hydrogens is 508 g/mol. The Hall–Kier alpha value is -3.36. The second-order valence-electron chi connectivity index (χ2n) is 10.6. The molecule has 2 aromatic rings. The number of carbonyl (C=O) groups excluding carboxylic acids is 2. The molecule has 2 fully saturated rings. The summed E-state index contributed by atoms with van der Waals surface area (Å²) in [4.78, 5) is 30.8. The minimum atomic E-state index is -0.743. The maximum atomic E-state index is 13.5. The maximum Gasteiger partial charge on any atom is 0.295 e. The third-order valence-electron chi connectivity index (χ3n) is 7.67. The molecule has 0 spiro atoms. The van der Waals surface area contributed by atoms with Gasteiger partial charge in [-0.15, -0.1) is 0 Å². The van der Waals surface area contributed by atoms with Crippen molar-refractivity contribution in [3.8, 4) is 11.5 Å². The molecule has 2 heterocycles. The number of aliphatic hydroxyl groups excluding tert-OH is 1. The first kappa shape index (κ1) is 29.6. The van der Waals surface area contributed by atoms with Crippen LogP contribution in [-0.2, 0) is 14.3 Å². The number of ether oxygens (including phenoxy) is 3. The topological polar surface area (TPSA) is 88.5 Å². The van der Waals surface area contributed by atoms with Crippen molar-refractivity contribution in [2.24, 2.45) is 0 Å². The lowest BCUT2D eigenvalue weighted by Crippen LogP contribution is -2.39. The highest BCUT2D eigenvalue weighted by Gasteiger charge is 2.46. The normalized spacial score (nSPS) is 19.3. The number of amides is 1. The van der Waals surface area contributed by atoms with Gasteiger partial charge < -0.3 is 24.2 Å². The van der Waals surface area contributed by atoms with Crippen LogP contribution in [0.15, 0.2) is 42.0 Å². The number of benzene rings is 2. The van der Waals surface area contributed by atoms with Gasteiger partial charge in [0.05, 0.1) is 38.5 Å². The van der Waals surface area contributed by atoms with Crippen molar-refractivity contribution in [3.05, 3.63) is 64.2 Å². The van der Waals surface area contributed by atoms with Gasteiger partial charge in [0, 0.05) is 31.7 Å². The summed E-state index contributed by atoms with van der Waals surface area (Å²) in [5.74, 6) is -0.286. The molecule has 0 bridgehead atoms. The lowest BCUT2D eigenvalue weighted by molar-refractivity contribution is -0.140. The molecule has 40 heavy (non-hydrogen) atoms. The van der Waals surface area contributed by atoms with Crippen molar-refractivity contribution < 1.29 is 28.9 Å². The summed E-state index contributed by atoms with van der Waals surface area (Å²) in [7, 11) is 1.58. The Morgan fingerprint density at radius 1 is 1.00 bits per heavy atom. The highest BCUT2D eigenvalue weighted by Crippen LogP contribution is 2.42. The van der Waals surface area contributed by atoms with Crippen LogP contribution in [-0.4, -0.2) is 79.7 Å². The second-order valence-corrected chi connectivity index (χ2v) is 10.6. The van der Waals surface area contributed by atoms with Gasteiger partial charge in [-0.3, -0.25) is 14.5 Å². The van der Waals surface area contributed by atoms with Crippen LogP contribution in [0, 0.1) is 13.8 Å². The molecule has 2 aliphatic heterocycles. The molecule has 0 saturated carbocycles. The first-order valence-corrected chi connectivity index (χ1v) is 14.3. The van der Waals surface area contributed by atoms with E-state index in [9.17, 15) is 14.7 Å². The number of aryl methyl sites for hydroxylation is 2. The molecule has 2 aliphatic rings. The molecule has 1 amide bonds. The SMILES string of the molecule is CCCCCOc1ccc(C2/C(=C(\O)c3cc(C)ccc3C)C(=O)C(=O)N2CCCN2CCOCC2)cc1OC. The summed E-state index contributed by atoms with van der Waals surface area (Å²) in [6, 6.07) is 10.5. The van der Waals surface area contributed by atoms with Crippen molar-refractivity contribution in [3.63, 3.8) is 0 Å². The molecule has 1 atom stereocenters. The minimum absolute atomic E-state index is 0.101. The molecule has 1 unspecified atom stereocenters. The minimum Gasteiger partial charge on any atom is -0.507 e. The lowest BCUT2D eigenvalue weighted by atomic mass is 9.93. The molecule has 2 saturated heterocycles. The van der Waals surface area contributed by atoms with Crippen LogP contribution in [0.5, 0.6) is 11.5 Å². The monoisotopic (exact) mass is 550 g/mol. The molecule has 1 N–H and O–H groups in total. The molecule has 8 nitrogen and oxygen atoms in total. The van der Waals surface area contributed by atoms with Crippen molar-refractivity contribution in [2.45, 2.75) is 52.5 Å². The maximum absolute atomic E-state index is 13.5. The van der Waals surface area contributed by atoms with Gasteiger partial charge in [-0.1, -0.05) is 43.5 Å². The number of Topliss-reactive ketones (excluding diaryl/α,β-unsaturated/α-hetero) is 1. The Kier molecular flexibility index (Phi) is 10.2. The highest BCUT2D eigenvalue weighted by atomic mass is 16.5. The number of methoxy groups -OCH3 is 1. The van der Waals surface area contributed by atoms with Gasteiger partial charge in [-0.05, 0) is 56.0 Å². The highest BCUT2D eigenvalue weighted by molar-refractivity contribution is 6.46. The predicted molar refractivity (Wildman–Crippen MR) is 155 cm³/mol. The fourth-order valence-corrected chi connectivity index (χ4v) is 5.39. The lowest BCUT2D eigenvalue weighted by Gasteiger charge is -2.29. The molecule has 0 radical (unpaired) electrons. The summed E-state index contributed by atoms with van der Waals surface area (Å²) in [6.45, 7) is 10.8. The molecule has 0 aliphatic carbocycles. The van der Waals surface area contributed by atoms with Gasteiger partial charge in [0.2, 0.25) is 0 Å². The van der Waals surface area contributed by atoms with E-state index in [0.29, 0.717) is 55.4 Å². The number of aliphatic hydroxyl groups is 1. The van der Waals surface area contributed by atoms with Gasteiger partial charge in [0.15, 0.2) is 11.5 Å². The van der Waals surface area contributed by atoms with Crippen molar-refractivity contribution in [1.82, 2.24) is 9.80 Å². The number of carbonyl (C=O) groups is 2. The van der Waals surface area contributed by atoms with Gasteiger partial charge >= 0.3 is 0 Å². The second kappa shape index (κ2) is 13.8. The molecule has 8 heteroatoms.